The maximum absolute atomic E-state index is 13.1. The van der Waals surface area contributed by atoms with Crippen LogP contribution in [0.1, 0.15) is 23.5 Å². The number of phenols is 2. The van der Waals surface area contributed by atoms with Gasteiger partial charge in [0.2, 0.25) is 5.75 Å². The van der Waals surface area contributed by atoms with Crippen LogP contribution in [0.25, 0.3) is 22.3 Å². The second kappa shape index (κ2) is 8.15. The smallest absolute Gasteiger partial charge is 0.312 e. The van der Waals surface area contributed by atoms with E-state index >= 15 is 0 Å². The predicted octanol–water partition coefficient (Wildman–Crippen LogP) is 4.33. The van der Waals surface area contributed by atoms with Crippen LogP contribution in [0.2, 0.25) is 0 Å². The zero-order valence-corrected chi connectivity index (χ0v) is 18.3. The van der Waals surface area contributed by atoms with Crippen molar-refractivity contribution in [3.05, 3.63) is 75.9 Å². The summed E-state index contributed by atoms with van der Waals surface area (Å²) in [7, 11) is 3.01. The van der Waals surface area contributed by atoms with Gasteiger partial charge >= 0.3 is 5.97 Å². The van der Waals surface area contributed by atoms with Crippen molar-refractivity contribution in [3.63, 3.8) is 0 Å². The summed E-state index contributed by atoms with van der Waals surface area (Å²) >= 11 is 0. The molecule has 1 aliphatic rings. The van der Waals surface area contributed by atoms with E-state index in [4.69, 9.17) is 18.6 Å². The van der Waals surface area contributed by atoms with Crippen molar-refractivity contribution in [1.82, 2.24) is 0 Å². The van der Waals surface area contributed by atoms with Gasteiger partial charge in [-0.15, -0.1) is 0 Å². The SMILES string of the molecule is COc1ccc([C@@H]2CC(=O)Oc3c(O)c(O)c4c(=O)cc(-c5ccccc5)oc4c32)c(OC)c1. The fraction of sp³-hybridized carbons (Fsp3) is 0.154. The average Bonchev–Trinajstić information content (AvgIpc) is 2.86. The van der Waals surface area contributed by atoms with Gasteiger partial charge in [-0.1, -0.05) is 36.4 Å². The van der Waals surface area contributed by atoms with E-state index in [-0.39, 0.29) is 34.5 Å². The van der Waals surface area contributed by atoms with Gasteiger partial charge in [-0.25, -0.2) is 0 Å². The fourth-order valence-electron chi connectivity index (χ4n) is 4.32. The van der Waals surface area contributed by atoms with Gasteiger partial charge in [0.05, 0.1) is 26.2 Å². The van der Waals surface area contributed by atoms with Crippen LogP contribution in [0.4, 0.5) is 0 Å². The first-order chi connectivity index (χ1) is 16.4. The van der Waals surface area contributed by atoms with Crippen molar-refractivity contribution in [2.45, 2.75) is 12.3 Å². The number of hydrogen-bond donors (Lipinski definition) is 2. The molecule has 3 aromatic carbocycles. The number of aromatic hydroxyl groups is 2. The molecule has 0 fully saturated rings. The Morgan fingerprint density at radius 3 is 2.41 bits per heavy atom. The molecule has 172 valence electrons. The van der Waals surface area contributed by atoms with Crippen LogP contribution in [0, 0.1) is 0 Å². The summed E-state index contributed by atoms with van der Waals surface area (Å²) in [6, 6.07) is 15.4. The van der Waals surface area contributed by atoms with Crippen molar-refractivity contribution in [3.8, 4) is 40.1 Å². The summed E-state index contributed by atoms with van der Waals surface area (Å²) in [5.41, 5.74) is 0.984. The van der Waals surface area contributed by atoms with Gasteiger partial charge < -0.3 is 28.8 Å². The van der Waals surface area contributed by atoms with Crippen molar-refractivity contribution < 1.29 is 33.6 Å². The summed E-state index contributed by atoms with van der Waals surface area (Å²) in [5, 5.41) is 21.1. The Kier molecular flexibility index (Phi) is 5.13. The zero-order valence-electron chi connectivity index (χ0n) is 18.3. The van der Waals surface area contributed by atoms with Gasteiger partial charge in [0.25, 0.3) is 0 Å². The quantitative estimate of drug-likeness (QED) is 0.263. The van der Waals surface area contributed by atoms with E-state index in [2.05, 4.69) is 0 Å². The van der Waals surface area contributed by atoms with E-state index in [1.54, 1.807) is 42.5 Å². The third-order valence-corrected chi connectivity index (χ3v) is 5.92. The van der Waals surface area contributed by atoms with E-state index in [0.29, 0.717) is 22.6 Å². The highest BCUT2D eigenvalue weighted by Crippen LogP contribution is 2.53. The Bertz CT molecular complexity index is 1490. The highest BCUT2D eigenvalue weighted by atomic mass is 16.5. The van der Waals surface area contributed by atoms with Crippen molar-refractivity contribution in [2.24, 2.45) is 0 Å². The predicted molar refractivity (Wildman–Crippen MR) is 123 cm³/mol. The molecule has 2 heterocycles. The lowest BCUT2D eigenvalue weighted by Gasteiger charge is -2.27. The van der Waals surface area contributed by atoms with Crippen LogP contribution < -0.4 is 19.6 Å². The molecule has 8 nitrogen and oxygen atoms in total. The molecular weight excluding hydrogens is 440 g/mol. The fourth-order valence-corrected chi connectivity index (χ4v) is 4.32. The summed E-state index contributed by atoms with van der Waals surface area (Å²) in [6.45, 7) is 0. The molecule has 0 amide bonds. The molecule has 34 heavy (non-hydrogen) atoms. The second-order valence-electron chi connectivity index (χ2n) is 7.82. The molecule has 4 aromatic rings. The third kappa shape index (κ3) is 3.31. The Balaban J connectivity index is 1.86. The molecule has 0 unspecified atom stereocenters. The third-order valence-electron chi connectivity index (χ3n) is 5.92. The second-order valence-corrected chi connectivity index (χ2v) is 7.82. The molecule has 1 atom stereocenters. The number of fused-ring (bicyclic) bond motifs is 3. The van der Waals surface area contributed by atoms with E-state index in [1.807, 2.05) is 6.07 Å². The monoisotopic (exact) mass is 460 g/mol. The molecule has 1 aliphatic heterocycles. The molecule has 0 spiro atoms. The van der Waals surface area contributed by atoms with Gasteiger partial charge in [0, 0.05) is 29.2 Å². The lowest BCUT2D eigenvalue weighted by atomic mass is 9.84. The van der Waals surface area contributed by atoms with E-state index in [0.717, 1.165) is 0 Å². The Labute approximate surface area is 193 Å². The number of carbonyl (C=O) groups is 1. The highest BCUT2D eigenvalue weighted by Gasteiger charge is 2.38. The molecule has 0 saturated heterocycles. The number of carbonyl (C=O) groups excluding carboxylic acids is 1. The number of hydrogen-bond acceptors (Lipinski definition) is 8. The van der Waals surface area contributed by atoms with E-state index in [9.17, 15) is 19.8 Å². The van der Waals surface area contributed by atoms with Gasteiger partial charge in [-0.3, -0.25) is 9.59 Å². The van der Waals surface area contributed by atoms with Crippen molar-refractivity contribution in [1.29, 1.82) is 0 Å². The molecule has 0 bridgehead atoms. The first kappa shape index (κ1) is 21.4. The average molecular weight is 460 g/mol. The van der Waals surface area contributed by atoms with Crippen molar-refractivity contribution in [2.75, 3.05) is 14.2 Å². The molecule has 1 aromatic heterocycles. The Morgan fingerprint density at radius 2 is 1.71 bits per heavy atom. The van der Waals surface area contributed by atoms with Gasteiger partial charge in [0.15, 0.2) is 16.9 Å². The first-order valence-corrected chi connectivity index (χ1v) is 10.5. The maximum atomic E-state index is 13.1. The van der Waals surface area contributed by atoms with Gasteiger partial charge in [0.1, 0.15) is 28.2 Å². The molecule has 8 heteroatoms. The maximum Gasteiger partial charge on any atom is 0.312 e. The Hall–Kier alpha value is -4.46. The lowest BCUT2D eigenvalue weighted by molar-refractivity contribution is -0.135. The van der Waals surface area contributed by atoms with Crippen LogP contribution >= 0.6 is 0 Å². The zero-order chi connectivity index (χ0) is 24.0. The Morgan fingerprint density at radius 1 is 0.941 bits per heavy atom. The molecule has 0 aliphatic carbocycles. The molecule has 0 saturated carbocycles. The summed E-state index contributed by atoms with van der Waals surface area (Å²) in [5.74, 6) is -1.72. The minimum atomic E-state index is -0.711. The van der Waals surface area contributed by atoms with Gasteiger partial charge in [-0.2, -0.15) is 0 Å². The molecule has 2 N–H and O–H groups in total. The standard InChI is InChI=1S/C26H20O8/c1-31-14-8-9-15(19(10-14)32-2)16-11-20(28)34-26-21(16)25-22(23(29)24(26)30)17(27)12-18(33-25)13-6-4-3-5-7-13/h3-10,12,16,29-30H,11H2,1-2H3/t16-/m0/s1. The van der Waals surface area contributed by atoms with Crippen LogP contribution in [0.15, 0.2) is 63.8 Å². The topological polar surface area (TPSA) is 115 Å². The first-order valence-electron chi connectivity index (χ1n) is 10.5. The van der Waals surface area contributed by atoms with E-state index < -0.39 is 28.8 Å². The minimum absolute atomic E-state index is 0.0204. The molecule has 0 radical (unpaired) electrons. The van der Waals surface area contributed by atoms with E-state index in [1.165, 1.54) is 20.3 Å². The van der Waals surface area contributed by atoms with Crippen LogP contribution in [-0.4, -0.2) is 30.4 Å². The van der Waals surface area contributed by atoms with Crippen molar-refractivity contribution >= 4 is 16.9 Å². The summed E-state index contributed by atoms with van der Waals surface area (Å²) < 4.78 is 22.3. The highest BCUT2D eigenvalue weighted by molar-refractivity contribution is 5.96. The van der Waals surface area contributed by atoms with Crippen LogP contribution in [0.3, 0.4) is 0 Å². The summed E-state index contributed by atoms with van der Waals surface area (Å²) in [6.07, 6.45) is -0.103. The van der Waals surface area contributed by atoms with Crippen LogP contribution in [-0.2, 0) is 4.79 Å². The van der Waals surface area contributed by atoms with Crippen LogP contribution in [0.5, 0.6) is 28.7 Å². The summed E-state index contributed by atoms with van der Waals surface area (Å²) in [4.78, 5) is 25.6. The largest absolute Gasteiger partial charge is 0.504 e. The van der Waals surface area contributed by atoms with Gasteiger partial charge in [-0.05, 0) is 6.07 Å². The number of methoxy groups -OCH3 is 2. The number of phenolic OH excluding ortho intramolecular Hbond substituents is 2. The number of ether oxygens (including phenoxy) is 3. The molecular formula is C26H20O8. The minimum Gasteiger partial charge on any atom is -0.504 e. The number of benzene rings is 3. The lowest BCUT2D eigenvalue weighted by Crippen LogP contribution is -2.22. The number of esters is 1. The molecule has 5 rings (SSSR count). The number of rotatable bonds is 4. The normalized spacial score (nSPS) is 15.0.